The van der Waals surface area contributed by atoms with E-state index < -0.39 is 36.2 Å². The van der Waals surface area contributed by atoms with Crippen molar-refractivity contribution in [2.24, 2.45) is 5.92 Å². The molecule has 128 valence electrons. The third kappa shape index (κ3) is 7.85. The van der Waals surface area contributed by atoms with Gasteiger partial charge in [0.15, 0.2) is 0 Å². The summed E-state index contributed by atoms with van der Waals surface area (Å²) in [5.41, 5.74) is -0.787. The average Bonchev–Trinajstić information content (AvgIpc) is 2.31. The van der Waals surface area contributed by atoms with Gasteiger partial charge in [0.2, 0.25) is 0 Å². The van der Waals surface area contributed by atoms with Gasteiger partial charge in [0, 0.05) is 0 Å². The third-order valence-electron chi connectivity index (χ3n) is 2.59. The van der Waals surface area contributed by atoms with Crippen molar-refractivity contribution in [3.8, 4) is 0 Å². The monoisotopic (exact) mass is 317 g/mol. The summed E-state index contributed by atoms with van der Waals surface area (Å²) in [4.78, 5) is 36.3. The first-order valence-corrected chi connectivity index (χ1v) is 7.36. The maximum absolute atomic E-state index is 12.3. The summed E-state index contributed by atoms with van der Waals surface area (Å²) in [5.74, 6) is -1.81. The summed E-state index contributed by atoms with van der Waals surface area (Å²) in [5, 5.41) is 9.38. The van der Waals surface area contributed by atoms with Crippen LogP contribution in [0.15, 0.2) is 0 Å². The molecule has 0 saturated carbocycles. The topological polar surface area (TPSA) is 93.1 Å². The number of hydrogen-bond donors (Lipinski definition) is 1. The summed E-state index contributed by atoms with van der Waals surface area (Å²) in [6.45, 7) is 10.0. The molecule has 0 radical (unpaired) electrons. The minimum absolute atomic E-state index is 0.0354. The average molecular weight is 317 g/mol. The molecule has 0 saturated heterocycles. The lowest BCUT2D eigenvalue weighted by Crippen LogP contribution is -2.50. The summed E-state index contributed by atoms with van der Waals surface area (Å²) in [6.07, 6.45) is -0.623. The van der Waals surface area contributed by atoms with Crippen LogP contribution in [0.25, 0.3) is 0 Å². The van der Waals surface area contributed by atoms with Crippen LogP contribution in [0.5, 0.6) is 0 Å². The van der Waals surface area contributed by atoms with E-state index in [0.717, 1.165) is 4.90 Å². The van der Waals surface area contributed by atoms with E-state index in [9.17, 15) is 19.5 Å². The van der Waals surface area contributed by atoms with E-state index in [4.69, 9.17) is 9.47 Å². The summed E-state index contributed by atoms with van der Waals surface area (Å²) in [6, 6.07) is -1.14. The highest BCUT2D eigenvalue weighted by molar-refractivity contribution is 5.84. The zero-order chi connectivity index (χ0) is 17.5. The minimum Gasteiger partial charge on any atom is -0.480 e. The molecule has 1 atom stereocenters. The molecule has 0 spiro atoms. The predicted octanol–water partition coefficient (Wildman–Crippen LogP) is 2.29. The standard InChI is InChI=1S/C15H27NO6/c1-7-21-12(17)9-16(14(20)22-15(4,5)6)11(13(18)19)8-10(2)3/h10-11H,7-9H2,1-6H3,(H,18,19)/t11-/m1/s1. The molecular weight excluding hydrogens is 290 g/mol. The number of hydrogen-bond acceptors (Lipinski definition) is 5. The van der Waals surface area contributed by atoms with E-state index in [-0.39, 0.29) is 18.9 Å². The molecule has 0 fully saturated rings. The normalized spacial score (nSPS) is 12.7. The van der Waals surface area contributed by atoms with E-state index in [1.54, 1.807) is 27.7 Å². The number of amides is 1. The Labute approximate surface area is 131 Å². The summed E-state index contributed by atoms with van der Waals surface area (Å²) < 4.78 is 10.0. The maximum atomic E-state index is 12.3. The van der Waals surface area contributed by atoms with Gasteiger partial charge in [0.25, 0.3) is 0 Å². The van der Waals surface area contributed by atoms with Gasteiger partial charge in [-0.15, -0.1) is 0 Å². The second kappa shape index (κ2) is 8.60. The molecular formula is C15H27NO6. The van der Waals surface area contributed by atoms with Crippen LogP contribution in [0.4, 0.5) is 4.79 Å². The van der Waals surface area contributed by atoms with Crippen LogP contribution in [-0.4, -0.2) is 52.8 Å². The van der Waals surface area contributed by atoms with E-state index in [0.29, 0.717) is 0 Å². The van der Waals surface area contributed by atoms with Crippen molar-refractivity contribution in [1.29, 1.82) is 0 Å². The fourth-order valence-electron chi connectivity index (χ4n) is 1.78. The molecule has 0 aliphatic rings. The molecule has 7 nitrogen and oxygen atoms in total. The molecule has 0 aliphatic heterocycles. The van der Waals surface area contributed by atoms with Gasteiger partial charge in [-0.2, -0.15) is 0 Å². The highest BCUT2D eigenvalue weighted by Gasteiger charge is 2.35. The van der Waals surface area contributed by atoms with Crippen LogP contribution in [0.3, 0.4) is 0 Å². The Balaban J connectivity index is 5.31. The third-order valence-corrected chi connectivity index (χ3v) is 2.59. The molecule has 0 aromatic heterocycles. The van der Waals surface area contributed by atoms with Crippen LogP contribution in [0.1, 0.15) is 48.0 Å². The number of ether oxygens (including phenoxy) is 2. The number of nitrogens with zero attached hydrogens (tertiary/aromatic N) is 1. The molecule has 0 aliphatic carbocycles. The van der Waals surface area contributed by atoms with E-state index in [1.165, 1.54) is 0 Å². The number of carbonyl (C=O) groups is 3. The van der Waals surface area contributed by atoms with Crippen molar-refractivity contribution in [3.05, 3.63) is 0 Å². The van der Waals surface area contributed by atoms with E-state index >= 15 is 0 Å². The van der Waals surface area contributed by atoms with Crippen LogP contribution in [-0.2, 0) is 19.1 Å². The molecule has 7 heteroatoms. The van der Waals surface area contributed by atoms with Crippen molar-refractivity contribution in [2.75, 3.05) is 13.2 Å². The first kappa shape index (κ1) is 20.2. The molecule has 0 aromatic rings. The fourth-order valence-corrected chi connectivity index (χ4v) is 1.78. The SMILES string of the molecule is CCOC(=O)CN(C(=O)OC(C)(C)C)[C@H](CC(C)C)C(=O)O. The molecule has 0 unspecified atom stereocenters. The van der Waals surface area contributed by atoms with E-state index in [2.05, 4.69) is 0 Å². The van der Waals surface area contributed by atoms with Crippen molar-refractivity contribution in [2.45, 2.75) is 59.6 Å². The van der Waals surface area contributed by atoms with Crippen molar-refractivity contribution < 1.29 is 29.0 Å². The Morgan fingerprint density at radius 2 is 1.73 bits per heavy atom. The fraction of sp³-hybridized carbons (Fsp3) is 0.800. The zero-order valence-corrected chi connectivity index (χ0v) is 14.2. The van der Waals surface area contributed by atoms with Gasteiger partial charge in [0.1, 0.15) is 18.2 Å². The largest absolute Gasteiger partial charge is 0.480 e. The maximum Gasteiger partial charge on any atom is 0.411 e. The molecule has 1 amide bonds. The van der Waals surface area contributed by atoms with Gasteiger partial charge >= 0.3 is 18.0 Å². The van der Waals surface area contributed by atoms with Gasteiger partial charge in [-0.05, 0) is 40.0 Å². The minimum atomic E-state index is -1.18. The Kier molecular flexibility index (Phi) is 7.90. The quantitative estimate of drug-likeness (QED) is 0.724. The number of carbonyl (C=O) groups excluding carboxylic acids is 2. The zero-order valence-electron chi connectivity index (χ0n) is 14.2. The van der Waals surface area contributed by atoms with Gasteiger partial charge < -0.3 is 14.6 Å². The van der Waals surface area contributed by atoms with E-state index in [1.807, 2.05) is 13.8 Å². The van der Waals surface area contributed by atoms with Gasteiger partial charge in [-0.3, -0.25) is 9.69 Å². The Morgan fingerprint density at radius 3 is 2.09 bits per heavy atom. The van der Waals surface area contributed by atoms with Gasteiger partial charge in [-0.1, -0.05) is 13.8 Å². The summed E-state index contributed by atoms with van der Waals surface area (Å²) >= 11 is 0. The second-order valence-corrected chi connectivity index (χ2v) is 6.40. The van der Waals surface area contributed by atoms with Crippen molar-refractivity contribution in [1.82, 2.24) is 4.90 Å². The Morgan fingerprint density at radius 1 is 1.18 bits per heavy atom. The number of carboxylic acid groups (broad SMARTS) is 1. The van der Waals surface area contributed by atoms with Crippen molar-refractivity contribution in [3.63, 3.8) is 0 Å². The van der Waals surface area contributed by atoms with Crippen LogP contribution in [0.2, 0.25) is 0 Å². The van der Waals surface area contributed by atoms with Gasteiger partial charge in [-0.25, -0.2) is 9.59 Å². The number of carboxylic acids is 1. The molecule has 0 rings (SSSR count). The van der Waals surface area contributed by atoms with Gasteiger partial charge in [0.05, 0.1) is 6.61 Å². The highest BCUT2D eigenvalue weighted by atomic mass is 16.6. The van der Waals surface area contributed by atoms with Crippen LogP contribution in [0, 0.1) is 5.92 Å². The first-order chi connectivity index (χ1) is 9.97. The molecule has 22 heavy (non-hydrogen) atoms. The van der Waals surface area contributed by atoms with Crippen LogP contribution >= 0.6 is 0 Å². The molecule has 0 heterocycles. The predicted molar refractivity (Wildman–Crippen MR) is 80.5 cm³/mol. The molecule has 0 aromatic carbocycles. The summed E-state index contributed by atoms with van der Waals surface area (Å²) in [7, 11) is 0. The Bertz CT molecular complexity index is 399. The first-order valence-electron chi connectivity index (χ1n) is 7.36. The smallest absolute Gasteiger partial charge is 0.411 e. The highest BCUT2D eigenvalue weighted by Crippen LogP contribution is 2.17. The van der Waals surface area contributed by atoms with Crippen molar-refractivity contribution >= 4 is 18.0 Å². The Hall–Kier alpha value is -1.79. The van der Waals surface area contributed by atoms with Crippen LogP contribution < -0.4 is 0 Å². The number of esters is 1. The lowest BCUT2D eigenvalue weighted by Gasteiger charge is -2.31. The molecule has 1 N–H and O–H groups in total. The lowest BCUT2D eigenvalue weighted by atomic mass is 10.0. The number of rotatable bonds is 7. The second-order valence-electron chi connectivity index (χ2n) is 6.40. The lowest BCUT2D eigenvalue weighted by molar-refractivity contribution is -0.149. The number of aliphatic carboxylic acids is 1. The molecule has 0 bridgehead atoms.